The third-order valence-corrected chi connectivity index (χ3v) is 6.66. The highest BCUT2D eigenvalue weighted by molar-refractivity contribution is 6.36. The van der Waals surface area contributed by atoms with Crippen LogP contribution in [0.3, 0.4) is 0 Å². The van der Waals surface area contributed by atoms with Gasteiger partial charge < -0.3 is 25.1 Å². The Morgan fingerprint density at radius 1 is 1.21 bits per heavy atom. The highest BCUT2D eigenvalue weighted by Crippen LogP contribution is 2.38. The van der Waals surface area contributed by atoms with Gasteiger partial charge in [-0.3, -0.25) is 4.68 Å². The number of ether oxygens (including phenoxy) is 3. The van der Waals surface area contributed by atoms with E-state index in [2.05, 4.69) is 10.1 Å². The van der Waals surface area contributed by atoms with Gasteiger partial charge in [0.1, 0.15) is 36.3 Å². The Hall–Kier alpha value is -2.43. The Kier molecular flexibility index (Phi) is 5.92. The van der Waals surface area contributed by atoms with Gasteiger partial charge >= 0.3 is 0 Å². The standard InChI is InChI=1S/C22H21Cl2FN4O4/c1-10(18-13(23)2-3-14(25)19(18)24)33-17-4-11(5-27-22(17)26)12-6-28-29(7-12)15-8-31-21-16(30)9-32-20(15)21/h2-7,10,15-16,20-21,30H,8-9H2,1H3,(H2,26,27)/t10-,15?,16+,20+,21+/m1/s1. The number of nitrogen functional groups attached to an aromatic ring is 1. The molecule has 1 unspecified atom stereocenters. The number of hydrogen-bond donors (Lipinski definition) is 2. The van der Waals surface area contributed by atoms with E-state index in [0.717, 1.165) is 11.1 Å². The van der Waals surface area contributed by atoms with E-state index in [9.17, 15) is 9.50 Å². The molecular formula is C22H21Cl2FN4O4. The Bertz CT molecular complexity index is 1190. The first-order chi connectivity index (χ1) is 15.8. The van der Waals surface area contributed by atoms with Crippen molar-refractivity contribution < 1.29 is 23.7 Å². The predicted molar refractivity (Wildman–Crippen MR) is 120 cm³/mol. The lowest BCUT2D eigenvalue weighted by atomic mass is 10.1. The number of nitrogens with two attached hydrogens (primary N) is 1. The largest absolute Gasteiger partial charge is 0.482 e. The van der Waals surface area contributed by atoms with Gasteiger partial charge in [-0.15, -0.1) is 0 Å². The summed E-state index contributed by atoms with van der Waals surface area (Å²) in [6.45, 7) is 2.35. The van der Waals surface area contributed by atoms with Crippen molar-refractivity contribution in [3.05, 3.63) is 58.2 Å². The van der Waals surface area contributed by atoms with Crippen LogP contribution >= 0.6 is 23.2 Å². The highest BCUT2D eigenvalue weighted by atomic mass is 35.5. The van der Waals surface area contributed by atoms with Crippen molar-refractivity contribution in [1.82, 2.24) is 14.8 Å². The monoisotopic (exact) mass is 494 g/mol. The van der Waals surface area contributed by atoms with Gasteiger partial charge in [0.05, 0.1) is 24.4 Å². The molecule has 2 fully saturated rings. The van der Waals surface area contributed by atoms with Gasteiger partial charge in [0.2, 0.25) is 0 Å². The number of pyridine rings is 1. The lowest BCUT2D eigenvalue weighted by molar-refractivity contribution is 0.0169. The zero-order valence-corrected chi connectivity index (χ0v) is 19.0. The van der Waals surface area contributed by atoms with E-state index in [1.807, 2.05) is 6.20 Å². The van der Waals surface area contributed by atoms with Crippen molar-refractivity contribution in [2.45, 2.75) is 37.4 Å². The lowest BCUT2D eigenvalue weighted by Gasteiger charge is -2.19. The first kappa shape index (κ1) is 22.4. The second-order valence-electron chi connectivity index (χ2n) is 8.06. The molecule has 0 spiro atoms. The molecule has 0 amide bonds. The molecule has 33 heavy (non-hydrogen) atoms. The molecule has 0 radical (unpaired) electrons. The number of aromatic nitrogens is 3. The van der Waals surface area contributed by atoms with Gasteiger partial charge in [0.15, 0.2) is 11.6 Å². The number of rotatable bonds is 5. The zero-order valence-electron chi connectivity index (χ0n) is 17.5. The van der Waals surface area contributed by atoms with Crippen LogP contribution in [0.4, 0.5) is 10.2 Å². The maximum atomic E-state index is 13.9. The summed E-state index contributed by atoms with van der Waals surface area (Å²) < 4.78 is 33.0. The minimum absolute atomic E-state index is 0.102. The van der Waals surface area contributed by atoms with Crippen LogP contribution in [0, 0.1) is 5.82 Å². The molecule has 174 valence electrons. The van der Waals surface area contributed by atoms with Gasteiger partial charge in [-0.25, -0.2) is 9.37 Å². The summed E-state index contributed by atoms with van der Waals surface area (Å²) in [5, 5.41) is 14.6. The van der Waals surface area contributed by atoms with Crippen LogP contribution in [-0.4, -0.2) is 51.4 Å². The fraction of sp³-hybridized carbons (Fsp3) is 0.364. The molecule has 1 aromatic carbocycles. The van der Waals surface area contributed by atoms with Crippen molar-refractivity contribution >= 4 is 29.0 Å². The quantitative estimate of drug-likeness (QED) is 0.519. The fourth-order valence-corrected chi connectivity index (χ4v) is 4.90. The third kappa shape index (κ3) is 4.04. The summed E-state index contributed by atoms with van der Waals surface area (Å²) in [6, 6.07) is 4.21. The van der Waals surface area contributed by atoms with Crippen LogP contribution in [0.5, 0.6) is 5.75 Å². The summed E-state index contributed by atoms with van der Waals surface area (Å²) in [5.74, 6) is -0.117. The number of fused-ring (bicyclic) bond motifs is 1. The van der Waals surface area contributed by atoms with Crippen molar-refractivity contribution in [1.29, 1.82) is 0 Å². The van der Waals surface area contributed by atoms with Crippen LogP contribution < -0.4 is 10.5 Å². The zero-order chi connectivity index (χ0) is 23.3. The molecule has 8 nitrogen and oxygen atoms in total. The van der Waals surface area contributed by atoms with Crippen molar-refractivity contribution in [2.24, 2.45) is 0 Å². The van der Waals surface area contributed by atoms with Gasteiger partial charge in [0, 0.05) is 34.1 Å². The summed E-state index contributed by atoms with van der Waals surface area (Å²) in [7, 11) is 0. The number of nitrogens with zero attached hydrogens (tertiary/aromatic N) is 3. The molecule has 2 aliphatic rings. The second kappa shape index (κ2) is 8.73. The first-order valence-corrected chi connectivity index (χ1v) is 11.1. The Morgan fingerprint density at radius 2 is 2.00 bits per heavy atom. The van der Waals surface area contributed by atoms with E-state index < -0.39 is 18.0 Å². The second-order valence-corrected chi connectivity index (χ2v) is 8.85. The number of hydrogen-bond acceptors (Lipinski definition) is 7. The smallest absolute Gasteiger partial charge is 0.166 e. The molecule has 4 heterocycles. The van der Waals surface area contributed by atoms with E-state index in [-0.39, 0.29) is 40.7 Å². The van der Waals surface area contributed by atoms with Crippen LogP contribution in [0.15, 0.2) is 36.8 Å². The Labute approximate surface area is 199 Å². The molecule has 3 aromatic rings. The Morgan fingerprint density at radius 3 is 2.82 bits per heavy atom. The number of aliphatic hydroxyl groups is 1. The fourth-order valence-electron chi connectivity index (χ4n) is 4.23. The first-order valence-electron chi connectivity index (χ1n) is 10.3. The Balaban J connectivity index is 1.38. The molecule has 2 aliphatic heterocycles. The normalized spacial score (nSPS) is 25.2. The van der Waals surface area contributed by atoms with Crippen LogP contribution in [0.1, 0.15) is 24.6 Å². The van der Waals surface area contributed by atoms with Crippen molar-refractivity contribution in [2.75, 3.05) is 18.9 Å². The van der Waals surface area contributed by atoms with E-state index >= 15 is 0 Å². The highest BCUT2D eigenvalue weighted by Gasteiger charge is 2.48. The summed E-state index contributed by atoms with van der Waals surface area (Å²) >= 11 is 12.3. The third-order valence-electron chi connectivity index (χ3n) is 5.95. The van der Waals surface area contributed by atoms with Crippen LogP contribution in [-0.2, 0) is 9.47 Å². The van der Waals surface area contributed by atoms with Crippen LogP contribution in [0.2, 0.25) is 10.0 Å². The van der Waals surface area contributed by atoms with Gasteiger partial charge in [0.25, 0.3) is 0 Å². The average Bonchev–Trinajstić information content (AvgIpc) is 3.51. The molecule has 5 rings (SSSR count). The van der Waals surface area contributed by atoms with Gasteiger partial charge in [-0.1, -0.05) is 23.2 Å². The molecule has 0 bridgehead atoms. The predicted octanol–water partition coefficient (Wildman–Crippen LogP) is 3.81. The minimum Gasteiger partial charge on any atom is -0.482 e. The summed E-state index contributed by atoms with van der Waals surface area (Å²) in [4.78, 5) is 4.23. The maximum Gasteiger partial charge on any atom is 0.166 e. The van der Waals surface area contributed by atoms with Crippen molar-refractivity contribution in [3.63, 3.8) is 0 Å². The molecule has 3 N–H and O–H groups in total. The molecule has 2 aromatic heterocycles. The summed E-state index contributed by atoms with van der Waals surface area (Å²) in [6.07, 6.45) is 3.26. The van der Waals surface area contributed by atoms with E-state index in [1.54, 1.807) is 30.1 Å². The average molecular weight is 495 g/mol. The van der Waals surface area contributed by atoms with Crippen molar-refractivity contribution in [3.8, 4) is 16.9 Å². The van der Waals surface area contributed by atoms with Gasteiger partial charge in [-0.05, 0) is 25.1 Å². The number of aliphatic hydroxyl groups excluding tert-OH is 1. The molecule has 0 saturated carbocycles. The number of benzene rings is 1. The topological polar surface area (TPSA) is 105 Å². The molecule has 11 heteroatoms. The SMILES string of the molecule is C[C@@H](Oc1cc(-c2cnn(C3CO[C@H]4[C@@H](O)CO[C@@H]34)c2)cnc1N)c1c(Cl)ccc(F)c1Cl. The molecule has 0 aliphatic carbocycles. The van der Waals surface area contributed by atoms with Crippen LogP contribution in [0.25, 0.3) is 11.1 Å². The molecule has 2 saturated heterocycles. The maximum absolute atomic E-state index is 13.9. The number of halogens is 3. The van der Waals surface area contributed by atoms with Gasteiger partial charge in [-0.2, -0.15) is 5.10 Å². The van der Waals surface area contributed by atoms with E-state index in [4.69, 9.17) is 43.1 Å². The summed E-state index contributed by atoms with van der Waals surface area (Å²) in [5.41, 5.74) is 7.85. The minimum atomic E-state index is -0.679. The number of anilines is 1. The molecular weight excluding hydrogens is 474 g/mol. The lowest BCUT2D eigenvalue weighted by Crippen LogP contribution is -2.30. The van der Waals surface area contributed by atoms with E-state index in [1.165, 1.54) is 12.1 Å². The van der Waals surface area contributed by atoms with E-state index in [0.29, 0.717) is 17.9 Å². The molecule has 5 atom stereocenters.